The third-order valence-electron chi connectivity index (χ3n) is 7.14. The molecule has 0 spiro atoms. The van der Waals surface area contributed by atoms with Crippen LogP contribution >= 0.6 is 11.6 Å². The molecule has 1 aromatic carbocycles. The van der Waals surface area contributed by atoms with Crippen molar-refractivity contribution in [1.29, 1.82) is 0 Å². The van der Waals surface area contributed by atoms with Crippen LogP contribution < -0.4 is 10.1 Å². The number of nitrogens with zero attached hydrogens (tertiary/aromatic N) is 2. The van der Waals surface area contributed by atoms with Crippen LogP contribution in [0.1, 0.15) is 48.7 Å². The van der Waals surface area contributed by atoms with Gasteiger partial charge in [0.15, 0.2) is 11.9 Å². The minimum Gasteiger partial charge on any atom is -0.480 e. The highest BCUT2D eigenvalue weighted by atomic mass is 35.5. The summed E-state index contributed by atoms with van der Waals surface area (Å²) in [4.78, 5) is 16.3. The molecule has 3 aliphatic carbocycles. The minimum atomic E-state index is -4.51. The first-order chi connectivity index (χ1) is 16.6. The van der Waals surface area contributed by atoms with E-state index in [9.17, 15) is 23.1 Å². The molecule has 0 unspecified atom stereocenters. The van der Waals surface area contributed by atoms with Gasteiger partial charge in [-0.15, -0.1) is 0 Å². The van der Waals surface area contributed by atoms with Gasteiger partial charge in [-0.3, -0.25) is 9.78 Å². The summed E-state index contributed by atoms with van der Waals surface area (Å²) in [5, 5.41) is 18.1. The summed E-state index contributed by atoms with van der Waals surface area (Å²) in [6, 6.07) is 8.84. The van der Waals surface area contributed by atoms with Crippen LogP contribution in [-0.4, -0.2) is 32.8 Å². The Kier molecular flexibility index (Phi) is 4.76. The van der Waals surface area contributed by atoms with E-state index in [0.717, 1.165) is 12.3 Å². The number of alkyl halides is 3. The molecule has 0 saturated heterocycles. The van der Waals surface area contributed by atoms with E-state index in [2.05, 4.69) is 15.5 Å². The third kappa shape index (κ3) is 3.66. The second-order valence-corrected chi connectivity index (χ2v) is 10.1. The van der Waals surface area contributed by atoms with Crippen LogP contribution in [0.3, 0.4) is 0 Å². The van der Waals surface area contributed by atoms with E-state index in [1.54, 1.807) is 24.3 Å². The number of nitrogens with one attached hydrogen (secondary N) is 1. The Balaban J connectivity index is 1.09. The Bertz CT molecular complexity index is 1300. The highest BCUT2D eigenvalue weighted by molar-refractivity contribution is 6.30. The summed E-state index contributed by atoms with van der Waals surface area (Å²) in [6.45, 7) is 0. The quantitative estimate of drug-likeness (QED) is 0.538. The van der Waals surface area contributed by atoms with Gasteiger partial charge in [-0.1, -0.05) is 16.8 Å². The number of amides is 1. The average molecular weight is 506 g/mol. The van der Waals surface area contributed by atoms with Crippen LogP contribution in [-0.2, 0) is 16.4 Å². The molecule has 7 nitrogen and oxygen atoms in total. The predicted octanol–water partition coefficient (Wildman–Crippen LogP) is 4.58. The molecule has 2 aromatic heterocycles. The highest BCUT2D eigenvalue weighted by Gasteiger charge is 2.70. The van der Waals surface area contributed by atoms with Crippen molar-refractivity contribution in [2.45, 2.75) is 55.0 Å². The van der Waals surface area contributed by atoms with Crippen molar-refractivity contribution >= 4 is 17.5 Å². The maximum absolute atomic E-state index is 12.9. The van der Waals surface area contributed by atoms with Crippen molar-refractivity contribution in [3.63, 3.8) is 0 Å². The van der Waals surface area contributed by atoms with E-state index in [1.165, 1.54) is 6.07 Å². The van der Waals surface area contributed by atoms with Crippen LogP contribution in [0.5, 0.6) is 5.75 Å². The lowest BCUT2D eigenvalue weighted by Crippen LogP contribution is -2.77. The van der Waals surface area contributed by atoms with Gasteiger partial charge in [-0.05, 0) is 49.6 Å². The molecule has 2 N–H and O–H groups in total. The zero-order valence-corrected chi connectivity index (χ0v) is 18.9. The van der Waals surface area contributed by atoms with Crippen LogP contribution in [0.25, 0.3) is 11.3 Å². The molecule has 4 aliphatic rings. The molecule has 1 aliphatic heterocycles. The lowest BCUT2D eigenvalue weighted by Gasteiger charge is -2.69. The molecular formula is C24H19ClF3N3O4. The maximum Gasteiger partial charge on any atom is 0.433 e. The molecule has 3 aromatic rings. The first-order valence-corrected chi connectivity index (χ1v) is 11.4. The molecule has 0 radical (unpaired) electrons. The van der Waals surface area contributed by atoms with E-state index in [-0.39, 0.29) is 23.3 Å². The number of pyridine rings is 1. The van der Waals surface area contributed by atoms with Gasteiger partial charge in [-0.25, -0.2) is 0 Å². The second-order valence-electron chi connectivity index (χ2n) is 9.63. The smallest absolute Gasteiger partial charge is 0.433 e. The zero-order chi connectivity index (χ0) is 24.6. The summed E-state index contributed by atoms with van der Waals surface area (Å²) in [5.74, 6) is 0.497. The topological polar surface area (TPSA) is 97.5 Å². The standard InChI is InChI=1S/C24H19ClF3N3O4/c25-13-2-3-16-14(5-13)15(32)6-18(34-16)21(33)30-23-9-22(10-23,11-23)20-7-17(35-31-20)12-1-4-19(29-8-12)24(26,27)28/h1-5,7-8,15,18,32H,6,9-11H2,(H,30,33)/t15-,18+,22?,23?/m1/s1. The number of carbonyl (C=O) groups excluding carboxylic acids is 1. The Morgan fingerprint density at radius 3 is 2.63 bits per heavy atom. The number of benzene rings is 1. The Morgan fingerprint density at radius 2 is 1.94 bits per heavy atom. The number of aliphatic hydroxyl groups is 1. The van der Waals surface area contributed by atoms with E-state index in [1.807, 2.05) is 0 Å². The maximum atomic E-state index is 12.9. The van der Waals surface area contributed by atoms with Crippen molar-refractivity contribution in [3.8, 4) is 17.1 Å². The summed E-state index contributed by atoms with van der Waals surface area (Å²) in [6.07, 6.45) is -2.90. The molecule has 2 atom stereocenters. The van der Waals surface area contributed by atoms with Gasteiger partial charge in [0.25, 0.3) is 5.91 Å². The SMILES string of the molecule is O=C(NC12CC(c3cc(-c4ccc(C(F)(F)F)nc4)on3)(C1)C2)[C@@H]1C[C@@H](O)c2cc(Cl)ccc2O1. The van der Waals surface area contributed by atoms with E-state index < -0.39 is 24.1 Å². The molecule has 7 rings (SSSR count). The average Bonchev–Trinajstić information content (AvgIpc) is 3.25. The molecule has 11 heteroatoms. The number of aliphatic hydroxyl groups excluding tert-OH is 1. The van der Waals surface area contributed by atoms with E-state index >= 15 is 0 Å². The fraction of sp³-hybridized carbons (Fsp3) is 0.375. The molecular weight excluding hydrogens is 487 g/mol. The molecule has 182 valence electrons. The number of carbonyl (C=O) groups is 1. The zero-order valence-electron chi connectivity index (χ0n) is 18.1. The number of hydrogen-bond acceptors (Lipinski definition) is 6. The molecule has 2 bridgehead atoms. The van der Waals surface area contributed by atoms with Gasteiger partial charge in [0, 0.05) is 45.8 Å². The lowest BCUT2D eigenvalue weighted by molar-refractivity contribution is -0.147. The van der Waals surface area contributed by atoms with Gasteiger partial charge in [0.05, 0.1) is 11.8 Å². The number of hydrogen-bond donors (Lipinski definition) is 2. The molecule has 3 heterocycles. The Labute approximate surface area is 202 Å². The molecule has 3 saturated carbocycles. The number of halogens is 4. The van der Waals surface area contributed by atoms with Gasteiger partial charge in [0.1, 0.15) is 11.4 Å². The molecule has 3 fully saturated rings. The van der Waals surface area contributed by atoms with Gasteiger partial charge in [0.2, 0.25) is 0 Å². The van der Waals surface area contributed by atoms with Crippen molar-refractivity contribution in [2.75, 3.05) is 0 Å². The van der Waals surface area contributed by atoms with Crippen molar-refractivity contribution < 1.29 is 32.3 Å². The van der Waals surface area contributed by atoms with E-state index in [4.69, 9.17) is 20.9 Å². The largest absolute Gasteiger partial charge is 0.480 e. The monoisotopic (exact) mass is 505 g/mol. The highest BCUT2D eigenvalue weighted by Crippen LogP contribution is 2.67. The molecule has 35 heavy (non-hydrogen) atoms. The van der Waals surface area contributed by atoms with Crippen LogP contribution in [0.15, 0.2) is 47.1 Å². The van der Waals surface area contributed by atoms with Crippen molar-refractivity contribution in [2.24, 2.45) is 0 Å². The van der Waals surface area contributed by atoms with Crippen molar-refractivity contribution in [1.82, 2.24) is 15.5 Å². The fourth-order valence-corrected chi connectivity index (χ4v) is 5.66. The Morgan fingerprint density at radius 1 is 1.17 bits per heavy atom. The first-order valence-electron chi connectivity index (χ1n) is 11.0. The van der Waals surface area contributed by atoms with Crippen LogP contribution in [0.2, 0.25) is 5.02 Å². The predicted molar refractivity (Wildman–Crippen MR) is 117 cm³/mol. The van der Waals surface area contributed by atoms with Gasteiger partial charge >= 0.3 is 6.18 Å². The van der Waals surface area contributed by atoms with Gasteiger partial charge < -0.3 is 19.7 Å². The third-order valence-corrected chi connectivity index (χ3v) is 7.38. The number of ether oxygens (including phenoxy) is 1. The van der Waals surface area contributed by atoms with Crippen molar-refractivity contribution in [3.05, 3.63) is 64.6 Å². The minimum absolute atomic E-state index is 0.133. The summed E-state index contributed by atoms with van der Waals surface area (Å²) in [5.41, 5.74) is 0.112. The Hall–Kier alpha value is -3.11. The van der Waals surface area contributed by atoms with Gasteiger partial charge in [-0.2, -0.15) is 13.2 Å². The number of rotatable bonds is 4. The van der Waals surface area contributed by atoms with Crippen LogP contribution in [0.4, 0.5) is 13.2 Å². The second kappa shape index (κ2) is 7.44. The fourth-order valence-electron chi connectivity index (χ4n) is 5.48. The number of aromatic nitrogens is 2. The lowest BCUT2D eigenvalue weighted by atomic mass is 9.38. The first kappa shape index (κ1) is 22.4. The van der Waals surface area contributed by atoms with Crippen LogP contribution in [0, 0.1) is 0 Å². The number of fused-ring (bicyclic) bond motifs is 1. The normalized spacial score (nSPS) is 28.8. The van der Waals surface area contributed by atoms with E-state index in [0.29, 0.717) is 52.6 Å². The summed E-state index contributed by atoms with van der Waals surface area (Å²) < 4.78 is 49.4. The molecule has 1 amide bonds. The summed E-state index contributed by atoms with van der Waals surface area (Å²) in [7, 11) is 0. The summed E-state index contributed by atoms with van der Waals surface area (Å²) >= 11 is 5.98.